The predicted octanol–water partition coefficient (Wildman–Crippen LogP) is 1.86. The highest BCUT2D eigenvalue weighted by atomic mass is 32.2. The van der Waals surface area contributed by atoms with Crippen LogP contribution in [0.3, 0.4) is 0 Å². The van der Waals surface area contributed by atoms with Crippen LogP contribution in [0.2, 0.25) is 0 Å². The molecule has 0 atom stereocenters. The van der Waals surface area contributed by atoms with Gasteiger partial charge in [0.05, 0.1) is 4.90 Å². The number of sulfone groups is 1. The predicted molar refractivity (Wildman–Crippen MR) is 73.5 cm³/mol. The molecule has 0 heterocycles. The summed E-state index contributed by atoms with van der Waals surface area (Å²) in [5, 5.41) is 0. The topological polar surface area (TPSA) is 77.2 Å². The summed E-state index contributed by atoms with van der Waals surface area (Å²) in [6.07, 6.45) is 1.16. The fourth-order valence-corrected chi connectivity index (χ4v) is 2.38. The Morgan fingerprint density at radius 3 is 2.16 bits per heavy atom. The Morgan fingerprint density at radius 1 is 1.00 bits per heavy atom. The number of hydrogen-bond donors (Lipinski definition) is 1. The molecule has 19 heavy (non-hydrogen) atoms. The Balaban J connectivity index is 2.43. The summed E-state index contributed by atoms with van der Waals surface area (Å²) in [6.45, 7) is 0. The molecule has 0 fully saturated rings. The van der Waals surface area contributed by atoms with Crippen LogP contribution < -0.4 is 5.73 Å². The van der Waals surface area contributed by atoms with Gasteiger partial charge in [0.25, 0.3) is 0 Å². The lowest BCUT2D eigenvalue weighted by molar-refractivity contribution is 0.100. The molecule has 5 heteroatoms. The van der Waals surface area contributed by atoms with Gasteiger partial charge in [-0.1, -0.05) is 24.3 Å². The molecular weight excluding hydrogens is 262 g/mol. The van der Waals surface area contributed by atoms with Gasteiger partial charge in [-0.2, -0.15) is 0 Å². The lowest BCUT2D eigenvalue weighted by Crippen LogP contribution is -2.10. The molecule has 4 nitrogen and oxygen atoms in total. The van der Waals surface area contributed by atoms with Crippen LogP contribution in [0.1, 0.15) is 10.4 Å². The van der Waals surface area contributed by atoms with Crippen LogP contribution >= 0.6 is 0 Å². The highest BCUT2D eigenvalue weighted by Crippen LogP contribution is 2.22. The van der Waals surface area contributed by atoms with Crippen LogP contribution in [-0.4, -0.2) is 20.6 Å². The van der Waals surface area contributed by atoms with Crippen LogP contribution in [0.5, 0.6) is 0 Å². The van der Waals surface area contributed by atoms with E-state index in [4.69, 9.17) is 5.73 Å². The van der Waals surface area contributed by atoms with Gasteiger partial charge in [-0.15, -0.1) is 0 Å². The molecule has 2 N–H and O–H groups in total. The number of benzene rings is 2. The number of amides is 1. The van der Waals surface area contributed by atoms with E-state index >= 15 is 0 Å². The molecule has 0 aromatic heterocycles. The standard InChI is InChI=1S/C14H13NO3S/c1-19(17,18)13-7-5-10(6-8-13)11-3-2-4-12(9-11)14(15)16/h2-9H,1H3,(H2,15,16). The van der Waals surface area contributed by atoms with Crippen molar-refractivity contribution in [1.82, 2.24) is 0 Å². The lowest BCUT2D eigenvalue weighted by atomic mass is 10.0. The second-order valence-electron chi connectivity index (χ2n) is 4.24. The second-order valence-corrected chi connectivity index (χ2v) is 6.26. The quantitative estimate of drug-likeness (QED) is 0.928. The fourth-order valence-electron chi connectivity index (χ4n) is 1.75. The molecule has 1 amide bonds. The van der Waals surface area contributed by atoms with Gasteiger partial charge in [-0.05, 0) is 35.4 Å². The van der Waals surface area contributed by atoms with E-state index in [2.05, 4.69) is 0 Å². The fraction of sp³-hybridized carbons (Fsp3) is 0.0714. The normalized spacial score (nSPS) is 11.2. The number of primary amides is 1. The summed E-state index contributed by atoms with van der Waals surface area (Å²) < 4.78 is 22.7. The SMILES string of the molecule is CS(=O)(=O)c1ccc(-c2cccc(C(N)=O)c2)cc1. The van der Waals surface area contributed by atoms with E-state index in [0.717, 1.165) is 17.4 Å². The van der Waals surface area contributed by atoms with Gasteiger partial charge >= 0.3 is 0 Å². The first kappa shape index (κ1) is 13.3. The van der Waals surface area contributed by atoms with Crippen molar-refractivity contribution in [2.75, 3.05) is 6.26 Å². The van der Waals surface area contributed by atoms with Gasteiger partial charge in [0.1, 0.15) is 0 Å². The maximum atomic E-state index is 11.4. The zero-order valence-corrected chi connectivity index (χ0v) is 11.1. The average Bonchev–Trinajstić information content (AvgIpc) is 2.38. The van der Waals surface area contributed by atoms with E-state index in [1.165, 1.54) is 0 Å². The van der Waals surface area contributed by atoms with E-state index in [9.17, 15) is 13.2 Å². The van der Waals surface area contributed by atoms with Crippen molar-refractivity contribution in [1.29, 1.82) is 0 Å². The minimum absolute atomic E-state index is 0.266. The van der Waals surface area contributed by atoms with Crippen molar-refractivity contribution in [3.8, 4) is 11.1 Å². The van der Waals surface area contributed by atoms with E-state index < -0.39 is 15.7 Å². The molecule has 0 unspecified atom stereocenters. The number of rotatable bonds is 3. The van der Waals surface area contributed by atoms with Gasteiger partial charge in [-0.3, -0.25) is 4.79 Å². The van der Waals surface area contributed by atoms with Gasteiger partial charge in [0.15, 0.2) is 9.84 Å². The molecule has 98 valence electrons. The van der Waals surface area contributed by atoms with Crippen LogP contribution in [0.25, 0.3) is 11.1 Å². The molecule has 2 aromatic rings. The summed E-state index contributed by atoms with van der Waals surface area (Å²) in [7, 11) is -3.20. The Hall–Kier alpha value is -2.14. The smallest absolute Gasteiger partial charge is 0.248 e. The van der Waals surface area contributed by atoms with E-state index in [1.54, 1.807) is 42.5 Å². The second kappa shape index (κ2) is 4.85. The summed E-state index contributed by atoms with van der Waals surface area (Å²) in [5.74, 6) is -0.491. The third-order valence-electron chi connectivity index (χ3n) is 2.76. The van der Waals surface area contributed by atoms with Crippen LogP contribution in [0, 0.1) is 0 Å². The lowest BCUT2D eigenvalue weighted by Gasteiger charge is -2.04. The van der Waals surface area contributed by atoms with Crippen molar-refractivity contribution >= 4 is 15.7 Å². The van der Waals surface area contributed by atoms with Crippen LogP contribution in [0.4, 0.5) is 0 Å². The first-order valence-corrected chi connectivity index (χ1v) is 7.47. The Kier molecular flexibility index (Phi) is 3.40. The average molecular weight is 275 g/mol. The molecule has 0 saturated carbocycles. The summed E-state index contributed by atoms with van der Waals surface area (Å²) in [6, 6.07) is 13.4. The maximum absolute atomic E-state index is 11.4. The molecular formula is C14H13NO3S. The molecule has 2 aromatic carbocycles. The van der Waals surface area contributed by atoms with Crippen molar-refractivity contribution in [2.45, 2.75) is 4.90 Å². The van der Waals surface area contributed by atoms with Crippen molar-refractivity contribution in [2.24, 2.45) is 5.73 Å². The first-order chi connectivity index (χ1) is 8.88. The Morgan fingerprint density at radius 2 is 1.63 bits per heavy atom. The highest BCUT2D eigenvalue weighted by Gasteiger charge is 2.07. The number of carbonyl (C=O) groups excluding carboxylic acids is 1. The van der Waals surface area contributed by atoms with Gasteiger partial charge in [0, 0.05) is 11.8 Å². The molecule has 2 rings (SSSR count). The summed E-state index contributed by atoms with van der Waals surface area (Å²) in [4.78, 5) is 11.4. The minimum Gasteiger partial charge on any atom is -0.366 e. The summed E-state index contributed by atoms with van der Waals surface area (Å²) in [5.41, 5.74) is 7.29. The first-order valence-electron chi connectivity index (χ1n) is 5.58. The zero-order valence-electron chi connectivity index (χ0n) is 10.3. The van der Waals surface area contributed by atoms with Gasteiger partial charge in [-0.25, -0.2) is 8.42 Å². The molecule has 0 saturated heterocycles. The molecule has 0 spiro atoms. The van der Waals surface area contributed by atoms with Gasteiger partial charge in [0.2, 0.25) is 5.91 Å². The van der Waals surface area contributed by atoms with E-state index in [1.807, 2.05) is 6.07 Å². The largest absolute Gasteiger partial charge is 0.366 e. The Bertz CT molecular complexity index is 719. The molecule has 0 bridgehead atoms. The summed E-state index contributed by atoms with van der Waals surface area (Å²) >= 11 is 0. The molecule has 0 aliphatic heterocycles. The highest BCUT2D eigenvalue weighted by molar-refractivity contribution is 7.90. The molecule has 0 aliphatic rings. The minimum atomic E-state index is -3.20. The number of hydrogen-bond acceptors (Lipinski definition) is 3. The van der Waals surface area contributed by atoms with Crippen LogP contribution in [0.15, 0.2) is 53.4 Å². The van der Waals surface area contributed by atoms with E-state index in [-0.39, 0.29) is 4.90 Å². The number of nitrogens with two attached hydrogens (primary N) is 1. The third-order valence-corrected chi connectivity index (χ3v) is 3.89. The molecule has 0 aliphatic carbocycles. The molecule has 0 radical (unpaired) electrons. The zero-order chi connectivity index (χ0) is 14.0. The van der Waals surface area contributed by atoms with E-state index in [0.29, 0.717) is 5.56 Å². The maximum Gasteiger partial charge on any atom is 0.248 e. The third kappa shape index (κ3) is 3.00. The van der Waals surface area contributed by atoms with Crippen molar-refractivity contribution < 1.29 is 13.2 Å². The van der Waals surface area contributed by atoms with Crippen molar-refractivity contribution in [3.05, 3.63) is 54.1 Å². The number of carbonyl (C=O) groups is 1. The monoisotopic (exact) mass is 275 g/mol. The van der Waals surface area contributed by atoms with Crippen molar-refractivity contribution in [3.63, 3.8) is 0 Å². The Labute approximate surface area is 111 Å². The van der Waals surface area contributed by atoms with Crippen LogP contribution in [-0.2, 0) is 9.84 Å². The van der Waals surface area contributed by atoms with Gasteiger partial charge < -0.3 is 5.73 Å².